The number of alkyl halides is 3. The van der Waals surface area contributed by atoms with Crippen LogP contribution < -0.4 is 15.4 Å². The van der Waals surface area contributed by atoms with E-state index in [1.165, 1.54) is 25.1 Å². The molecule has 0 aliphatic carbocycles. The van der Waals surface area contributed by atoms with Crippen molar-refractivity contribution >= 4 is 17.5 Å². The Bertz CT molecular complexity index is 820. The molecule has 0 saturated carbocycles. The van der Waals surface area contributed by atoms with Crippen molar-refractivity contribution in [3.63, 3.8) is 0 Å². The minimum atomic E-state index is -4.49. The Morgan fingerprint density at radius 3 is 2.32 bits per heavy atom. The van der Waals surface area contributed by atoms with Gasteiger partial charge in [-0.1, -0.05) is 42.0 Å². The zero-order chi connectivity index (χ0) is 20.7. The quantitative estimate of drug-likeness (QED) is 0.742. The summed E-state index contributed by atoms with van der Waals surface area (Å²) in [6, 6.07) is 12.6. The molecule has 2 aromatic rings. The summed E-state index contributed by atoms with van der Waals surface area (Å²) in [4.78, 5) is 24.0. The third-order valence-corrected chi connectivity index (χ3v) is 3.80. The molecule has 0 aliphatic rings. The normalized spacial score (nSPS) is 12.2. The first kappa shape index (κ1) is 21.3. The van der Waals surface area contributed by atoms with Crippen molar-refractivity contribution in [2.45, 2.75) is 32.5 Å². The summed E-state index contributed by atoms with van der Waals surface area (Å²) >= 11 is 0. The summed E-state index contributed by atoms with van der Waals surface area (Å²) in [6.45, 7) is 1.80. The van der Waals surface area contributed by atoms with Gasteiger partial charge < -0.3 is 15.4 Å². The molecule has 0 bridgehead atoms. The van der Waals surface area contributed by atoms with Crippen LogP contribution in [-0.2, 0) is 9.59 Å². The van der Waals surface area contributed by atoms with Crippen LogP contribution in [0.25, 0.3) is 0 Å². The van der Waals surface area contributed by atoms with Crippen LogP contribution in [0.5, 0.6) is 5.75 Å². The number of hydrogen-bond acceptors (Lipinski definition) is 3. The van der Waals surface area contributed by atoms with Crippen molar-refractivity contribution in [2.24, 2.45) is 0 Å². The first-order valence-electron chi connectivity index (χ1n) is 8.56. The van der Waals surface area contributed by atoms with Crippen LogP contribution in [0.3, 0.4) is 0 Å². The van der Waals surface area contributed by atoms with E-state index < -0.39 is 24.7 Å². The molecule has 5 nitrogen and oxygen atoms in total. The van der Waals surface area contributed by atoms with Crippen molar-refractivity contribution in [3.05, 3.63) is 59.7 Å². The van der Waals surface area contributed by atoms with Crippen LogP contribution in [-0.4, -0.2) is 24.6 Å². The van der Waals surface area contributed by atoms with E-state index in [1.54, 1.807) is 6.07 Å². The Balaban J connectivity index is 2.10. The number of amides is 2. The number of ether oxygens (including phenoxy) is 1. The zero-order valence-electron chi connectivity index (χ0n) is 15.5. The molecule has 28 heavy (non-hydrogen) atoms. The van der Waals surface area contributed by atoms with E-state index in [0.717, 1.165) is 11.1 Å². The van der Waals surface area contributed by atoms with Crippen LogP contribution >= 0.6 is 0 Å². The monoisotopic (exact) mass is 394 g/mol. The van der Waals surface area contributed by atoms with Crippen molar-refractivity contribution < 1.29 is 27.5 Å². The third-order valence-electron chi connectivity index (χ3n) is 3.80. The lowest BCUT2D eigenvalue weighted by Gasteiger charge is -2.19. The summed E-state index contributed by atoms with van der Waals surface area (Å²) in [5.41, 5.74) is 1.91. The van der Waals surface area contributed by atoms with Gasteiger partial charge in [-0.3, -0.25) is 9.59 Å². The van der Waals surface area contributed by atoms with Crippen LogP contribution in [0.1, 0.15) is 30.5 Å². The average Bonchev–Trinajstić information content (AvgIpc) is 2.60. The highest BCUT2D eigenvalue weighted by Crippen LogP contribution is 2.27. The molecule has 0 radical (unpaired) electrons. The van der Waals surface area contributed by atoms with Gasteiger partial charge in [0.25, 0.3) is 0 Å². The maximum atomic E-state index is 12.5. The molecule has 0 aliphatic heterocycles. The fourth-order valence-corrected chi connectivity index (χ4v) is 2.54. The molecule has 2 aromatic carbocycles. The maximum Gasteiger partial charge on any atom is 0.422 e. The highest BCUT2D eigenvalue weighted by Gasteiger charge is 2.29. The molecule has 2 amide bonds. The number of aryl methyl sites for hydroxylation is 1. The van der Waals surface area contributed by atoms with Crippen molar-refractivity contribution in [3.8, 4) is 5.75 Å². The lowest BCUT2D eigenvalue weighted by Crippen LogP contribution is -2.30. The molecule has 1 atom stereocenters. The van der Waals surface area contributed by atoms with Gasteiger partial charge in [0.15, 0.2) is 6.61 Å². The Labute approximate surface area is 160 Å². The summed E-state index contributed by atoms with van der Waals surface area (Å²) in [7, 11) is 0. The third kappa shape index (κ3) is 6.94. The molecule has 8 heteroatoms. The second-order valence-corrected chi connectivity index (χ2v) is 6.32. The minimum absolute atomic E-state index is 0.0837. The van der Waals surface area contributed by atoms with Crippen LogP contribution in [0.2, 0.25) is 0 Å². The smallest absolute Gasteiger partial charge is 0.422 e. The van der Waals surface area contributed by atoms with E-state index in [1.807, 2.05) is 31.2 Å². The maximum absolute atomic E-state index is 12.5. The van der Waals surface area contributed by atoms with Crippen molar-refractivity contribution in [1.29, 1.82) is 0 Å². The van der Waals surface area contributed by atoms with Gasteiger partial charge in [-0.05, 0) is 24.6 Å². The number of carbonyl (C=O) groups is 2. The van der Waals surface area contributed by atoms with Crippen molar-refractivity contribution in [1.82, 2.24) is 5.32 Å². The van der Waals surface area contributed by atoms with E-state index in [2.05, 4.69) is 10.6 Å². The predicted molar refractivity (Wildman–Crippen MR) is 99.0 cm³/mol. The number of anilines is 1. The number of benzene rings is 2. The number of nitrogens with one attached hydrogen (secondary N) is 2. The van der Waals surface area contributed by atoms with Gasteiger partial charge in [-0.2, -0.15) is 13.2 Å². The van der Waals surface area contributed by atoms with Gasteiger partial charge >= 0.3 is 6.18 Å². The van der Waals surface area contributed by atoms with E-state index in [4.69, 9.17) is 4.74 Å². The Morgan fingerprint density at radius 1 is 1.07 bits per heavy atom. The second-order valence-electron chi connectivity index (χ2n) is 6.32. The van der Waals surface area contributed by atoms with Gasteiger partial charge in [-0.25, -0.2) is 0 Å². The fraction of sp³-hybridized carbons (Fsp3) is 0.300. The van der Waals surface area contributed by atoms with E-state index >= 15 is 0 Å². The summed E-state index contributed by atoms with van der Waals surface area (Å²) in [6.07, 6.45) is -4.57. The molecule has 0 aromatic heterocycles. The SMILES string of the molecule is CC(=O)NC(CC(=O)Nc1ccccc1OCC(F)(F)F)c1ccc(C)cc1. The molecule has 0 heterocycles. The molecule has 0 saturated heterocycles. The first-order valence-corrected chi connectivity index (χ1v) is 8.56. The number of carbonyl (C=O) groups excluding carboxylic acids is 2. The summed E-state index contributed by atoms with van der Waals surface area (Å²) in [5.74, 6) is -0.853. The molecular weight excluding hydrogens is 373 g/mol. The molecular formula is C20H21F3N2O3. The van der Waals surface area contributed by atoms with Crippen LogP contribution in [0, 0.1) is 6.92 Å². The second kappa shape index (κ2) is 9.25. The largest absolute Gasteiger partial charge is 0.482 e. The van der Waals surface area contributed by atoms with E-state index in [-0.39, 0.29) is 23.8 Å². The predicted octanol–water partition coefficient (Wildman–Crippen LogP) is 4.14. The highest BCUT2D eigenvalue weighted by atomic mass is 19.4. The summed E-state index contributed by atoms with van der Waals surface area (Å²) in [5, 5.41) is 5.26. The Hall–Kier alpha value is -3.03. The van der Waals surface area contributed by atoms with Gasteiger partial charge in [0.2, 0.25) is 11.8 Å². The van der Waals surface area contributed by atoms with E-state index in [0.29, 0.717) is 0 Å². The minimum Gasteiger partial charge on any atom is -0.482 e. The van der Waals surface area contributed by atoms with E-state index in [9.17, 15) is 22.8 Å². The van der Waals surface area contributed by atoms with Crippen LogP contribution in [0.15, 0.2) is 48.5 Å². The van der Waals surface area contributed by atoms with Crippen LogP contribution in [0.4, 0.5) is 18.9 Å². The molecule has 150 valence electrons. The molecule has 0 spiro atoms. The lowest BCUT2D eigenvalue weighted by atomic mass is 10.0. The molecule has 2 rings (SSSR count). The van der Waals surface area contributed by atoms with Gasteiger partial charge in [0, 0.05) is 6.92 Å². The van der Waals surface area contributed by atoms with Gasteiger partial charge in [-0.15, -0.1) is 0 Å². The van der Waals surface area contributed by atoms with Gasteiger partial charge in [0.05, 0.1) is 18.2 Å². The standard InChI is InChI=1S/C20H21F3N2O3/c1-13-7-9-15(10-8-13)17(24-14(2)26)11-19(27)25-16-5-3-4-6-18(16)28-12-20(21,22)23/h3-10,17H,11-12H2,1-2H3,(H,24,26)(H,25,27). The Kier molecular flexibility index (Phi) is 7.03. The molecule has 2 N–H and O–H groups in total. The van der Waals surface area contributed by atoms with Crippen molar-refractivity contribution in [2.75, 3.05) is 11.9 Å². The fourth-order valence-electron chi connectivity index (χ4n) is 2.54. The number of halogens is 3. The molecule has 0 fully saturated rings. The zero-order valence-corrected chi connectivity index (χ0v) is 15.5. The first-order chi connectivity index (χ1) is 13.1. The molecule has 1 unspecified atom stereocenters. The average molecular weight is 394 g/mol. The Morgan fingerprint density at radius 2 is 1.71 bits per heavy atom. The number of hydrogen-bond donors (Lipinski definition) is 2. The topological polar surface area (TPSA) is 67.4 Å². The number of rotatable bonds is 7. The van der Waals surface area contributed by atoms with Gasteiger partial charge in [0.1, 0.15) is 5.75 Å². The summed E-state index contributed by atoms with van der Waals surface area (Å²) < 4.78 is 41.9. The lowest BCUT2D eigenvalue weighted by molar-refractivity contribution is -0.153. The highest BCUT2D eigenvalue weighted by molar-refractivity contribution is 5.93. The number of para-hydroxylation sites is 2.